The smallest absolute Gasteiger partial charge is 0.226 e. The van der Waals surface area contributed by atoms with E-state index in [4.69, 9.17) is 16.3 Å². The van der Waals surface area contributed by atoms with E-state index < -0.39 is 0 Å². The molecular formula is C14H14ClN3O. The maximum absolute atomic E-state index is 5.84. The van der Waals surface area contributed by atoms with E-state index in [-0.39, 0.29) is 0 Å². The van der Waals surface area contributed by atoms with Gasteiger partial charge in [-0.1, -0.05) is 11.6 Å². The maximum Gasteiger partial charge on any atom is 0.226 e. The second kappa shape index (κ2) is 5.13. The Morgan fingerprint density at radius 1 is 1.16 bits per heavy atom. The lowest BCUT2D eigenvalue weighted by molar-refractivity contribution is 0.443. The van der Waals surface area contributed by atoms with Crippen molar-refractivity contribution in [2.24, 2.45) is 0 Å². The Balaban J connectivity index is 1.95. The Morgan fingerprint density at radius 2 is 2.00 bits per heavy atom. The summed E-state index contributed by atoms with van der Waals surface area (Å²) in [4.78, 5) is 12.9. The highest BCUT2D eigenvalue weighted by molar-refractivity contribution is 6.29. The van der Waals surface area contributed by atoms with Crippen LogP contribution < -0.4 is 4.74 Å². The summed E-state index contributed by atoms with van der Waals surface area (Å²) in [5.74, 6) is 2.05. The van der Waals surface area contributed by atoms with Crippen molar-refractivity contribution in [3.05, 3.63) is 40.6 Å². The lowest BCUT2D eigenvalue weighted by Crippen LogP contribution is -2.10. The number of fused-ring (bicyclic) bond motifs is 1. The van der Waals surface area contributed by atoms with Crippen molar-refractivity contribution < 1.29 is 4.74 Å². The number of aryl methyl sites for hydroxylation is 2. The molecular weight excluding hydrogens is 262 g/mol. The molecule has 0 saturated carbocycles. The fraction of sp³-hybridized carbons (Fsp3) is 0.357. The number of ether oxygens (including phenoxy) is 1. The standard InChI is InChI=1S/C14H14ClN3O/c1-9-17-12-5-3-2-4-11(12)14(18-9)19-10-6-7-13(15)16-8-10/h6-8H,2-5H2,1H3. The molecule has 2 heterocycles. The average molecular weight is 276 g/mol. The molecule has 0 radical (unpaired) electrons. The monoisotopic (exact) mass is 275 g/mol. The molecule has 0 aliphatic heterocycles. The summed E-state index contributed by atoms with van der Waals surface area (Å²) in [7, 11) is 0. The van der Waals surface area contributed by atoms with Gasteiger partial charge in [-0.3, -0.25) is 0 Å². The van der Waals surface area contributed by atoms with Crippen molar-refractivity contribution in [2.45, 2.75) is 32.6 Å². The van der Waals surface area contributed by atoms with E-state index in [9.17, 15) is 0 Å². The molecule has 2 aromatic rings. The topological polar surface area (TPSA) is 47.9 Å². The first-order chi connectivity index (χ1) is 9.22. The largest absolute Gasteiger partial charge is 0.437 e. The zero-order chi connectivity index (χ0) is 13.2. The summed E-state index contributed by atoms with van der Waals surface area (Å²) in [5.41, 5.74) is 2.25. The highest BCUT2D eigenvalue weighted by Crippen LogP contribution is 2.30. The first-order valence-electron chi connectivity index (χ1n) is 6.38. The Bertz CT molecular complexity index is 598. The second-order valence-corrected chi connectivity index (χ2v) is 5.01. The third-order valence-corrected chi connectivity index (χ3v) is 3.40. The third kappa shape index (κ3) is 2.68. The normalized spacial score (nSPS) is 14.0. The third-order valence-electron chi connectivity index (χ3n) is 3.17. The minimum absolute atomic E-state index is 0.452. The van der Waals surface area contributed by atoms with Gasteiger partial charge >= 0.3 is 0 Å². The maximum atomic E-state index is 5.84. The molecule has 1 aliphatic carbocycles. The van der Waals surface area contributed by atoms with Crippen LogP contribution in [0.15, 0.2) is 18.3 Å². The number of pyridine rings is 1. The van der Waals surface area contributed by atoms with Gasteiger partial charge in [-0.2, -0.15) is 4.98 Å². The number of rotatable bonds is 2. The van der Waals surface area contributed by atoms with Crippen LogP contribution in [0.3, 0.4) is 0 Å². The van der Waals surface area contributed by atoms with Crippen LogP contribution in [-0.2, 0) is 12.8 Å². The molecule has 0 atom stereocenters. The molecule has 5 heteroatoms. The number of hydrogen-bond donors (Lipinski definition) is 0. The van der Waals surface area contributed by atoms with Gasteiger partial charge in [-0.25, -0.2) is 9.97 Å². The van der Waals surface area contributed by atoms with Gasteiger partial charge in [-0.05, 0) is 44.7 Å². The number of nitrogens with zero attached hydrogens (tertiary/aromatic N) is 3. The van der Waals surface area contributed by atoms with Gasteiger partial charge in [0.15, 0.2) is 0 Å². The summed E-state index contributed by atoms with van der Waals surface area (Å²) >= 11 is 5.76. The van der Waals surface area contributed by atoms with E-state index in [0.717, 1.165) is 36.3 Å². The minimum atomic E-state index is 0.452. The minimum Gasteiger partial charge on any atom is -0.437 e. The summed E-state index contributed by atoms with van der Waals surface area (Å²) in [6, 6.07) is 3.50. The lowest BCUT2D eigenvalue weighted by atomic mass is 9.97. The van der Waals surface area contributed by atoms with E-state index in [2.05, 4.69) is 15.0 Å². The van der Waals surface area contributed by atoms with Crippen LogP contribution in [-0.4, -0.2) is 15.0 Å². The van der Waals surface area contributed by atoms with Gasteiger partial charge in [-0.15, -0.1) is 0 Å². The van der Waals surface area contributed by atoms with Gasteiger partial charge in [0.05, 0.1) is 11.9 Å². The highest BCUT2D eigenvalue weighted by atomic mass is 35.5. The SMILES string of the molecule is Cc1nc2c(c(Oc3ccc(Cl)nc3)n1)CCCC2. The summed E-state index contributed by atoms with van der Waals surface area (Å²) in [5, 5.41) is 0.452. The Kier molecular flexibility index (Phi) is 3.34. The molecule has 2 aromatic heterocycles. The summed E-state index contributed by atoms with van der Waals surface area (Å²) < 4.78 is 5.84. The van der Waals surface area contributed by atoms with Crippen LogP contribution in [0, 0.1) is 6.92 Å². The molecule has 0 amide bonds. The van der Waals surface area contributed by atoms with Crippen molar-refractivity contribution in [1.82, 2.24) is 15.0 Å². The molecule has 1 aliphatic rings. The second-order valence-electron chi connectivity index (χ2n) is 4.63. The van der Waals surface area contributed by atoms with E-state index in [0.29, 0.717) is 16.8 Å². The molecule has 19 heavy (non-hydrogen) atoms. The molecule has 0 fully saturated rings. The molecule has 0 saturated heterocycles. The molecule has 0 N–H and O–H groups in total. The van der Waals surface area contributed by atoms with Gasteiger partial charge < -0.3 is 4.74 Å². The molecule has 0 unspecified atom stereocenters. The fourth-order valence-electron chi connectivity index (χ4n) is 2.30. The summed E-state index contributed by atoms with van der Waals surface area (Å²) in [6.45, 7) is 1.89. The Morgan fingerprint density at radius 3 is 2.79 bits per heavy atom. The van der Waals surface area contributed by atoms with Crippen LogP contribution in [0.4, 0.5) is 0 Å². The van der Waals surface area contributed by atoms with E-state index >= 15 is 0 Å². The Hall–Kier alpha value is -1.68. The van der Waals surface area contributed by atoms with Crippen molar-refractivity contribution in [3.8, 4) is 11.6 Å². The molecule has 0 spiro atoms. The van der Waals surface area contributed by atoms with Crippen LogP contribution in [0.1, 0.15) is 29.9 Å². The van der Waals surface area contributed by atoms with Crippen LogP contribution in [0.5, 0.6) is 11.6 Å². The Labute approximate surface area is 116 Å². The lowest BCUT2D eigenvalue weighted by Gasteiger charge is -2.18. The zero-order valence-corrected chi connectivity index (χ0v) is 11.4. The molecule has 98 valence electrons. The van der Waals surface area contributed by atoms with Gasteiger partial charge in [0.1, 0.15) is 16.7 Å². The van der Waals surface area contributed by atoms with Crippen molar-refractivity contribution in [1.29, 1.82) is 0 Å². The van der Waals surface area contributed by atoms with E-state index in [1.165, 1.54) is 6.42 Å². The quantitative estimate of drug-likeness (QED) is 0.787. The van der Waals surface area contributed by atoms with Crippen molar-refractivity contribution in [3.63, 3.8) is 0 Å². The van der Waals surface area contributed by atoms with Crippen LogP contribution >= 0.6 is 11.6 Å². The van der Waals surface area contributed by atoms with Crippen LogP contribution in [0.25, 0.3) is 0 Å². The molecule has 0 bridgehead atoms. The summed E-state index contributed by atoms with van der Waals surface area (Å²) in [6.07, 6.45) is 5.94. The first kappa shape index (κ1) is 12.4. The van der Waals surface area contributed by atoms with E-state index in [1.54, 1.807) is 18.3 Å². The number of halogens is 1. The van der Waals surface area contributed by atoms with Crippen molar-refractivity contribution in [2.75, 3.05) is 0 Å². The molecule has 3 rings (SSSR count). The predicted molar refractivity (Wildman–Crippen MR) is 72.7 cm³/mol. The van der Waals surface area contributed by atoms with Crippen molar-refractivity contribution >= 4 is 11.6 Å². The van der Waals surface area contributed by atoms with E-state index in [1.807, 2.05) is 6.92 Å². The predicted octanol–water partition coefficient (Wildman–Crippen LogP) is 3.50. The van der Waals surface area contributed by atoms with Crippen LogP contribution in [0.2, 0.25) is 5.15 Å². The fourth-order valence-corrected chi connectivity index (χ4v) is 2.41. The highest BCUT2D eigenvalue weighted by Gasteiger charge is 2.18. The zero-order valence-electron chi connectivity index (χ0n) is 10.7. The number of hydrogen-bond acceptors (Lipinski definition) is 4. The first-order valence-corrected chi connectivity index (χ1v) is 6.76. The molecule has 4 nitrogen and oxygen atoms in total. The van der Waals surface area contributed by atoms with Gasteiger partial charge in [0.25, 0.3) is 0 Å². The van der Waals surface area contributed by atoms with Gasteiger partial charge in [0, 0.05) is 5.56 Å². The molecule has 0 aromatic carbocycles. The number of aromatic nitrogens is 3. The van der Waals surface area contributed by atoms with Gasteiger partial charge in [0.2, 0.25) is 5.88 Å². The average Bonchev–Trinajstić information content (AvgIpc) is 2.41.